The first-order valence-electron chi connectivity index (χ1n) is 7.98. The molecule has 3 rings (SSSR count). The third-order valence-electron chi connectivity index (χ3n) is 5.09. The SMILES string of the molecule is NC(CC1CCN(c2ccc(Br)cc2)C1)C1CCCC1. The molecule has 1 saturated carbocycles. The maximum atomic E-state index is 6.44. The van der Waals surface area contributed by atoms with Crippen molar-refractivity contribution in [3.05, 3.63) is 28.7 Å². The van der Waals surface area contributed by atoms with Gasteiger partial charge in [0.15, 0.2) is 0 Å². The predicted molar refractivity (Wildman–Crippen MR) is 89.0 cm³/mol. The van der Waals surface area contributed by atoms with E-state index >= 15 is 0 Å². The number of anilines is 1. The van der Waals surface area contributed by atoms with Crippen molar-refractivity contribution in [2.45, 2.75) is 44.6 Å². The van der Waals surface area contributed by atoms with Gasteiger partial charge in [-0.2, -0.15) is 0 Å². The lowest BCUT2D eigenvalue weighted by atomic mass is 9.89. The van der Waals surface area contributed by atoms with E-state index in [9.17, 15) is 0 Å². The van der Waals surface area contributed by atoms with E-state index < -0.39 is 0 Å². The minimum absolute atomic E-state index is 0.437. The van der Waals surface area contributed by atoms with Crippen LogP contribution in [0, 0.1) is 11.8 Å². The molecule has 0 bridgehead atoms. The average molecular weight is 337 g/mol. The van der Waals surface area contributed by atoms with Gasteiger partial charge in [-0.3, -0.25) is 0 Å². The Bertz CT molecular complexity index is 425. The van der Waals surface area contributed by atoms with Gasteiger partial charge in [0.1, 0.15) is 0 Å². The fraction of sp³-hybridized carbons (Fsp3) is 0.647. The number of nitrogens with two attached hydrogens (primary N) is 1. The van der Waals surface area contributed by atoms with Crippen LogP contribution in [0.4, 0.5) is 5.69 Å². The molecular weight excluding hydrogens is 312 g/mol. The van der Waals surface area contributed by atoms with Crippen LogP contribution in [0.2, 0.25) is 0 Å². The highest BCUT2D eigenvalue weighted by molar-refractivity contribution is 9.10. The van der Waals surface area contributed by atoms with E-state index in [2.05, 4.69) is 45.1 Å². The Balaban J connectivity index is 1.52. The Morgan fingerprint density at radius 3 is 2.55 bits per heavy atom. The predicted octanol–water partition coefficient (Wildman–Crippen LogP) is 4.18. The number of nitrogens with zero attached hydrogens (tertiary/aromatic N) is 1. The van der Waals surface area contributed by atoms with Crippen LogP contribution in [-0.2, 0) is 0 Å². The smallest absolute Gasteiger partial charge is 0.0367 e. The topological polar surface area (TPSA) is 29.3 Å². The van der Waals surface area contributed by atoms with Crippen LogP contribution in [0.1, 0.15) is 38.5 Å². The molecule has 2 fully saturated rings. The molecule has 2 atom stereocenters. The van der Waals surface area contributed by atoms with E-state index in [1.54, 1.807) is 0 Å². The molecule has 20 heavy (non-hydrogen) atoms. The summed E-state index contributed by atoms with van der Waals surface area (Å²) in [7, 11) is 0. The summed E-state index contributed by atoms with van der Waals surface area (Å²) in [4.78, 5) is 2.51. The Kier molecular flexibility index (Phi) is 4.67. The number of hydrogen-bond donors (Lipinski definition) is 1. The largest absolute Gasteiger partial charge is 0.371 e. The van der Waals surface area contributed by atoms with Crippen LogP contribution >= 0.6 is 15.9 Å². The van der Waals surface area contributed by atoms with E-state index in [4.69, 9.17) is 5.73 Å². The fourth-order valence-electron chi connectivity index (χ4n) is 3.87. The average Bonchev–Trinajstić information content (AvgIpc) is 3.10. The van der Waals surface area contributed by atoms with Crippen molar-refractivity contribution in [3.63, 3.8) is 0 Å². The molecule has 110 valence electrons. The Morgan fingerprint density at radius 2 is 1.85 bits per heavy atom. The van der Waals surface area contributed by atoms with Crippen molar-refractivity contribution >= 4 is 21.6 Å². The summed E-state index contributed by atoms with van der Waals surface area (Å²) >= 11 is 3.50. The van der Waals surface area contributed by atoms with Crippen molar-refractivity contribution in [3.8, 4) is 0 Å². The summed E-state index contributed by atoms with van der Waals surface area (Å²) in [5.74, 6) is 1.59. The molecule has 1 aliphatic carbocycles. The van der Waals surface area contributed by atoms with Gasteiger partial charge < -0.3 is 10.6 Å². The molecule has 3 heteroatoms. The molecule has 1 heterocycles. The zero-order chi connectivity index (χ0) is 13.9. The quantitative estimate of drug-likeness (QED) is 0.893. The molecule has 1 aromatic rings. The molecule has 0 radical (unpaired) electrons. The molecule has 0 amide bonds. The first kappa shape index (κ1) is 14.4. The van der Waals surface area contributed by atoms with Crippen molar-refractivity contribution in [2.24, 2.45) is 17.6 Å². The molecule has 0 spiro atoms. The van der Waals surface area contributed by atoms with Crippen molar-refractivity contribution in [2.75, 3.05) is 18.0 Å². The zero-order valence-corrected chi connectivity index (χ0v) is 13.7. The van der Waals surface area contributed by atoms with Crippen LogP contribution in [0.3, 0.4) is 0 Å². The summed E-state index contributed by atoms with van der Waals surface area (Å²) in [6.45, 7) is 2.37. The minimum atomic E-state index is 0.437. The highest BCUT2D eigenvalue weighted by atomic mass is 79.9. The van der Waals surface area contributed by atoms with Crippen LogP contribution in [0.25, 0.3) is 0 Å². The van der Waals surface area contributed by atoms with E-state index in [1.807, 2.05) is 0 Å². The first-order valence-corrected chi connectivity index (χ1v) is 8.78. The molecule has 2 unspecified atom stereocenters. The van der Waals surface area contributed by atoms with Crippen molar-refractivity contribution in [1.82, 2.24) is 0 Å². The van der Waals surface area contributed by atoms with Crippen LogP contribution < -0.4 is 10.6 Å². The Hall–Kier alpha value is -0.540. The number of hydrogen-bond acceptors (Lipinski definition) is 2. The molecule has 1 aromatic carbocycles. The second-order valence-corrected chi connectivity index (χ2v) is 7.44. The van der Waals surface area contributed by atoms with Crippen molar-refractivity contribution in [1.29, 1.82) is 0 Å². The standard InChI is InChI=1S/C17H25BrN2/c18-15-5-7-16(8-6-15)20-10-9-13(12-20)11-17(19)14-3-1-2-4-14/h5-8,13-14,17H,1-4,9-12,19H2. The molecule has 1 aliphatic heterocycles. The van der Waals surface area contributed by atoms with Gasteiger partial charge in [0.25, 0.3) is 0 Å². The number of rotatable bonds is 4. The first-order chi connectivity index (χ1) is 9.72. The van der Waals surface area contributed by atoms with Crippen LogP contribution in [0.15, 0.2) is 28.7 Å². The number of benzene rings is 1. The van der Waals surface area contributed by atoms with E-state index in [1.165, 1.54) is 57.3 Å². The van der Waals surface area contributed by atoms with Gasteiger partial charge >= 0.3 is 0 Å². The van der Waals surface area contributed by atoms with Gasteiger partial charge in [-0.05, 0) is 61.8 Å². The highest BCUT2D eigenvalue weighted by Gasteiger charge is 2.28. The molecule has 2 nitrogen and oxygen atoms in total. The van der Waals surface area contributed by atoms with Crippen molar-refractivity contribution < 1.29 is 0 Å². The normalized spacial score (nSPS) is 25.3. The van der Waals surface area contributed by atoms with Crippen LogP contribution in [-0.4, -0.2) is 19.1 Å². The molecule has 2 aliphatic rings. The van der Waals surface area contributed by atoms with Gasteiger partial charge in [0.05, 0.1) is 0 Å². The summed E-state index contributed by atoms with van der Waals surface area (Å²) in [5, 5.41) is 0. The van der Waals surface area contributed by atoms with Gasteiger partial charge in [0, 0.05) is 29.3 Å². The van der Waals surface area contributed by atoms with Gasteiger partial charge in [-0.25, -0.2) is 0 Å². The third kappa shape index (κ3) is 3.37. The maximum absolute atomic E-state index is 6.44. The molecular formula is C17H25BrN2. The monoisotopic (exact) mass is 336 g/mol. The second kappa shape index (κ2) is 6.48. The zero-order valence-electron chi connectivity index (χ0n) is 12.1. The van der Waals surface area contributed by atoms with Gasteiger partial charge in [0.2, 0.25) is 0 Å². The summed E-state index contributed by atoms with van der Waals surface area (Å²) in [6, 6.07) is 9.12. The summed E-state index contributed by atoms with van der Waals surface area (Å²) in [6.07, 6.45) is 8.05. The molecule has 2 N–H and O–H groups in total. The minimum Gasteiger partial charge on any atom is -0.371 e. The number of halogens is 1. The Morgan fingerprint density at radius 1 is 1.15 bits per heavy atom. The van der Waals surface area contributed by atoms with E-state index in [0.717, 1.165) is 16.3 Å². The maximum Gasteiger partial charge on any atom is 0.0367 e. The molecule has 1 saturated heterocycles. The van der Waals surface area contributed by atoms with Gasteiger partial charge in [-0.15, -0.1) is 0 Å². The van der Waals surface area contributed by atoms with Crippen LogP contribution in [0.5, 0.6) is 0 Å². The van der Waals surface area contributed by atoms with E-state index in [-0.39, 0.29) is 0 Å². The lowest BCUT2D eigenvalue weighted by molar-refractivity contribution is 0.357. The second-order valence-electron chi connectivity index (χ2n) is 6.52. The summed E-state index contributed by atoms with van der Waals surface area (Å²) in [5.41, 5.74) is 7.79. The lowest BCUT2D eigenvalue weighted by Gasteiger charge is -2.23. The van der Waals surface area contributed by atoms with E-state index in [0.29, 0.717) is 6.04 Å². The Labute approximate surface area is 130 Å². The van der Waals surface area contributed by atoms with Gasteiger partial charge in [-0.1, -0.05) is 28.8 Å². The molecule has 0 aromatic heterocycles. The lowest BCUT2D eigenvalue weighted by Crippen LogP contribution is -2.31. The highest BCUT2D eigenvalue weighted by Crippen LogP contribution is 2.32. The fourth-order valence-corrected chi connectivity index (χ4v) is 4.14. The third-order valence-corrected chi connectivity index (χ3v) is 5.62. The summed E-state index contributed by atoms with van der Waals surface area (Å²) < 4.78 is 1.15.